The summed E-state index contributed by atoms with van der Waals surface area (Å²) in [6.07, 6.45) is 1.54. The van der Waals surface area contributed by atoms with Crippen molar-refractivity contribution in [3.05, 3.63) is 69.5 Å². The Morgan fingerprint density at radius 2 is 1.96 bits per heavy atom. The van der Waals surface area contributed by atoms with Crippen LogP contribution in [0, 0.1) is 11.6 Å². The molecule has 0 spiro atoms. The molecule has 2 N–H and O–H groups in total. The summed E-state index contributed by atoms with van der Waals surface area (Å²) in [7, 11) is 0. The Morgan fingerprint density at radius 3 is 2.73 bits per heavy atom. The van der Waals surface area contributed by atoms with Crippen LogP contribution in [-0.2, 0) is 13.0 Å². The minimum absolute atomic E-state index is 0.0137. The average Bonchev–Trinajstić information content (AvgIpc) is 2.63. The van der Waals surface area contributed by atoms with E-state index in [1.165, 1.54) is 10.6 Å². The summed E-state index contributed by atoms with van der Waals surface area (Å²) >= 11 is 0. The predicted molar refractivity (Wildman–Crippen MR) is 92.5 cm³/mol. The van der Waals surface area contributed by atoms with Crippen LogP contribution in [0.1, 0.15) is 22.3 Å². The predicted octanol–water partition coefficient (Wildman–Crippen LogP) is 3.18. The highest BCUT2D eigenvalue weighted by Crippen LogP contribution is 2.31. The van der Waals surface area contributed by atoms with Gasteiger partial charge in [0, 0.05) is 23.7 Å². The number of nitrogens with zero attached hydrogens (tertiary/aromatic N) is 1. The number of rotatable bonds is 2. The number of hydrogen-bond donors (Lipinski definition) is 2. The van der Waals surface area contributed by atoms with Crippen LogP contribution in [0.15, 0.2) is 41.2 Å². The van der Waals surface area contributed by atoms with E-state index in [-0.39, 0.29) is 5.69 Å². The molecule has 0 radical (unpaired) electrons. The standard InChI is InChI=1S/C19H14F2N2O3/c20-13-7-6-11(9-14(13)21)22-18(25)15-17(24)12-5-1-3-10-4-2-8-23(16(10)12)19(15)26/h1,3,5-7,9,24H,2,4,8H2,(H,22,25). The maximum atomic E-state index is 13.3. The molecule has 0 fully saturated rings. The van der Waals surface area contributed by atoms with Crippen molar-refractivity contribution in [2.24, 2.45) is 0 Å². The van der Waals surface area contributed by atoms with Gasteiger partial charge in [-0.1, -0.05) is 12.1 Å². The Balaban J connectivity index is 1.85. The molecule has 7 heteroatoms. The molecule has 0 unspecified atom stereocenters. The van der Waals surface area contributed by atoms with Crippen molar-refractivity contribution in [1.82, 2.24) is 4.57 Å². The van der Waals surface area contributed by atoms with E-state index in [1.807, 2.05) is 6.07 Å². The van der Waals surface area contributed by atoms with Crippen molar-refractivity contribution in [2.75, 3.05) is 5.32 Å². The molecule has 3 aromatic rings. The van der Waals surface area contributed by atoms with Crippen LogP contribution in [0.25, 0.3) is 10.9 Å². The summed E-state index contributed by atoms with van der Waals surface area (Å²) in [5, 5.41) is 13.3. The van der Waals surface area contributed by atoms with E-state index in [2.05, 4.69) is 5.32 Å². The fourth-order valence-electron chi connectivity index (χ4n) is 3.39. The first kappa shape index (κ1) is 16.3. The molecule has 0 aliphatic carbocycles. The lowest BCUT2D eigenvalue weighted by molar-refractivity contribution is 0.102. The highest BCUT2D eigenvalue weighted by Gasteiger charge is 2.25. The zero-order valence-electron chi connectivity index (χ0n) is 13.6. The van der Waals surface area contributed by atoms with Crippen molar-refractivity contribution in [3.63, 3.8) is 0 Å². The van der Waals surface area contributed by atoms with Gasteiger partial charge in [0.1, 0.15) is 11.3 Å². The molecule has 1 aliphatic rings. The van der Waals surface area contributed by atoms with E-state index in [1.54, 1.807) is 12.1 Å². The Hall–Kier alpha value is -3.22. The zero-order chi connectivity index (χ0) is 18.4. The molecule has 5 nitrogen and oxygen atoms in total. The summed E-state index contributed by atoms with van der Waals surface area (Å²) < 4.78 is 27.8. The topological polar surface area (TPSA) is 71.3 Å². The summed E-state index contributed by atoms with van der Waals surface area (Å²) in [4.78, 5) is 25.3. The van der Waals surface area contributed by atoms with Crippen molar-refractivity contribution >= 4 is 22.5 Å². The molecule has 1 aliphatic heterocycles. The fraction of sp³-hybridized carbons (Fsp3) is 0.158. The molecule has 0 bridgehead atoms. The van der Waals surface area contributed by atoms with Gasteiger partial charge in [0.25, 0.3) is 11.5 Å². The maximum absolute atomic E-state index is 13.3. The normalized spacial score (nSPS) is 13.0. The SMILES string of the molecule is O=C(Nc1ccc(F)c(F)c1)c1c(O)c2cccc3c2n(c1=O)CCC3. The van der Waals surface area contributed by atoms with Crippen LogP contribution in [0.4, 0.5) is 14.5 Å². The molecule has 0 atom stereocenters. The van der Waals surface area contributed by atoms with Crippen LogP contribution in [0.5, 0.6) is 5.75 Å². The molecular weight excluding hydrogens is 342 g/mol. The number of aryl methyl sites for hydroxylation is 2. The summed E-state index contributed by atoms with van der Waals surface area (Å²) in [5.41, 5.74) is 0.531. The Morgan fingerprint density at radius 1 is 1.15 bits per heavy atom. The third-order valence-electron chi connectivity index (χ3n) is 4.57. The van der Waals surface area contributed by atoms with E-state index in [9.17, 15) is 23.5 Å². The van der Waals surface area contributed by atoms with E-state index < -0.39 is 34.4 Å². The molecule has 26 heavy (non-hydrogen) atoms. The number of halogens is 2. The highest BCUT2D eigenvalue weighted by atomic mass is 19.2. The Bertz CT molecular complexity index is 1120. The van der Waals surface area contributed by atoms with Gasteiger partial charge in [-0.2, -0.15) is 0 Å². The molecule has 1 amide bonds. The molecule has 0 saturated carbocycles. The lowest BCUT2D eigenvalue weighted by Gasteiger charge is -2.21. The number of para-hydroxylation sites is 1. The number of aromatic hydroxyl groups is 1. The Labute approximate surface area is 146 Å². The number of carbonyl (C=O) groups is 1. The Kier molecular flexibility index (Phi) is 3.72. The lowest BCUT2D eigenvalue weighted by atomic mass is 9.99. The smallest absolute Gasteiger partial charge is 0.267 e. The minimum Gasteiger partial charge on any atom is -0.506 e. The molecule has 4 rings (SSSR count). The number of hydrogen-bond acceptors (Lipinski definition) is 3. The molecule has 1 aromatic heterocycles. The maximum Gasteiger partial charge on any atom is 0.267 e. The van der Waals surface area contributed by atoms with Gasteiger partial charge in [-0.15, -0.1) is 0 Å². The second-order valence-corrected chi connectivity index (χ2v) is 6.18. The quantitative estimate of drug-likeness (QED) is 0.741. The number of benzene rings is 2. The number of aromatic nitrogens is 1. The van der Waals surface area contributed by atoms with Gasteiger partial charge in [0.15, 0.2) is 11.6 Å². The summed E-state index contributed by atoms with van der Waals surface area (Å²) in [6, 6.07) is 8.14. The van der Waals surface area contributed by atoms with E-state index in [0.29, 0.717) is 17.4 Å². The third-order valence-corrected chi connectivity index (χ3v) is 4.57. The van der Waals surface area contributed by atoms with E-state index in [4.69, 9.17) is 0 Å². The molecule has 0 saturated heterocycles. The van der Waals surface area contributed by atoms with Crippen LogP contribution in [0.2, 0.25) is 0 Å². The number of nitrogens with one attached hydrogen (secondary N) is 1. The molecular formula is C19H14F2N2O3. The minimum atomic E-state index is -1.12. The zero-order valence-corrected chi connectivity index (χ0v) is 13.6. The van der Waals surface area contributed by atoms with Crippen LogP contribution >= 0.6 is 0 Å². The van der Waals surface area contributed by atoms with Crippen LogP contribution in [0.3, 0.4) is 0 Å². The highest BCUT2D eigenvalue weighted by molar-refractivity contribution is 6.09. The van der Waals surface area contributed by atoms with Gasteiger partial charge in [-0.3, -0.25) is 9.59 Å². The van der Waals surface area contributed by atoms with Gasteiger partial charge < -0.3 is 15.0 Å². The summed E-state index contributed by atoms with van der Waals surface area (Å²) in [6.45, 7) is 0.443. The van der Waals surface area contributed by atoms with E-state index >= 15 is 0 Å². The van der Waals surface area contributed by atoms with Crippen molar-refractivity contribution in [2.45, 2.75) is 19.4 Å². The first-order valence-electron chi connectivity index (χ1n) is 8.11. The van der Waals surface area contributed by atoms with Crippen molar-refractivity contribution < 1.29 is 18.7 Å². The number of anilines is 1. The number of amides is 1. The van der Waals surface area contributed by atoms with E-state index in [0.717, 1.165) is 30.5 Å². The number of pyridine rings is 1. The van der Waals surface area contributed by atoms with Crippen LogP contribution < -0.4 is 10.9 Å². The van der Waals surface area contributed by atoms with Gasteiger partial charge in [-0.25, -0.2) is 8.78 Å². The fourth-order valence-corrected chi connectivity index (χ4v) is 3.39. The first-order valence-corrected chi connectivity index (χ1v) is 8.11. The summed E-state index contributed by atoms with van der Waals surface area (Å²) in [5.74, 6) is -3.46. The molecule has 2 aromatic carbocycles. The largest absolute Gasteiger partial charge is 0.506 e. The average molecular weight is 356 g/mol. The molecule has 2 heterocycles. The second-order valence-electron chi connectivity index (χ2n) is 6.18. The van der Waals surface area contributed by atoms with Crippen LogP contribution in [-0.4, -0.2) is 15.6 Å². The monoisotopic (exact) mass is 356 g/mol. The lowest BCUT2D eigenvalue weighted by Crippen LogP contribution is -2.31. The van der Waals surface area contributed by atoms with Crippen molar-refractivity contribution in [1.29, 1.82) is 0 Å². The number of carbonyl (C=O) groups excluding carboxylic acids is 1. The van der Waals surface area contributed by atoms with Gasteiger partial charge in [0.05, 0.1) is 5.52 Å². The second kappa shape index (κ2) is 5.94. The van der Waals surface area contributed by atoms with Gasteiger partial charge in [-0.05, 0) is 36.6 Å². The molecule has 132 valence electrons. The first-order chi connectivity index (χ1) is 12.5. The van der Waals surface area contributed by atoms with Gasteiger partial charge >= 0.3 is 0 Å². The van der Waals surface area contributed by atoms with Crippen molar-refractivity contribution in [3.8, 4) is 5.75 Å². The van der Waals surface area contributed by atoms with Gasteiger partial charge in [0.2, 0.25) is 0 Å². The third kappa shape index (κ3) is 2.44.